The lowest BCUT2D eigenvalue weighted by atomic mass is 9.96. The van der Waals surface area contributed by atoms with Crippen LogP contribution in [0.2, 0.25) is 0 Å². The first-order chi connectivity index (χ1) is 30.6. The highest BCUT2D eigenvalue weighted by Gasteiger charge is 2.56. The lowest BCUT2D eigenvalue weighted by Gasteiger charge is -2.47. The SMILES string of the molecule is O=C(OC[C@H]1O[C@@H](O)[C@H](OC(=O)c2ccccc2)[C@@H](O[C@@H]2O[C@H](CO)[C@H](O)[C@H](OC(=O)c3ccccc3)[C@H]2OC(=O)c2ccccc2)[C@H]1OC(=O)c1ccccc1)c1ccccc1. The number of carbonyl (C=O) groups excluding carboxylic acids is 5. The summed E-state index contributed by atoms with van der Waals surface area (Å²) >= 11 is 0. The minimum Gasteiger partial charge on any atom is -0.459 e. The second-order valence-corrected chi connectivity index (χ2v) is 14.3. The van der Waals surface area contributed by atoms with E-state index >= 15 is 0 Å². The largest absolute Gasteiger partial charge is 0.459 e. The molecule has 0 aromatic heterocycles. The summed E-state index contributed by atoms with van der Waals surface area (Å²) in [6.07, 6.45) is -18.1. The van der Waals surface area contributed by atoms with Gasteiger partial charge in [0.05, 0.1) is 34.4 Å². The van der Waals surface area contributed by atoms with Crippen LogP contribution in [-0.2, 0) is 37.9 Å². The predicted octanol–water partition coefficient (Wildman–Crippen LogP) is 3.93. The van der Waals surface area contributed by atoms with Crippen LogP contribution in [0.25, 0.3) is 0 Å². The number of ether oxygens (including phenoxy) is 8. The average Bonchev–Trinajstić information content (AvgIpc) is 3.33. The summed E-state index contributed by atoms with van der Waals surface area (Å²) in [5.74, 6) is -4.66. The van der Waals surface area contributed by atoms with E-state index in [1.54, 1.807) is 91.0 Å². The van der Waals surface area contributed by atoms with Gasteiger partial charge >= 0.3 is 29.8 Å². The van der Waals surface area contributed by atoms with Gasteiger partial charge in [-0.05, 0) is 60.7 Å². The standard InChI is InChI=1S/C47H42O16/c48-26-33-35(49)37(60-43(52)30-20-10-3-11-21-30)40(62-45(54)32-24-14-5-15-25-32)47(58-33)63-38-36(59-42(51)29-18-8-2-9-19-29)34(27-56-41(50)28-16-6-1-7-17-28)57-46(55)39(38)61-44(53)31-22-12-4-13-23-31/h1-25,33-40,46-49,55H,26-27H2/t33-,34-,35+,36+,37+,38+,39-,40-,46-,47+/m1/s1. The molecule has 0 radical (unpaired) electrons. The minimum absolute atomic E-state index is 0.0364. The molecule has 2 saturated heterocycles. The summed E-state index contributed by atoms with van der Waals surface area (Å²) in [5.41, 5.74) is 0.357. The third-order valence-electron chi connectivity index (χ3n) is 10.1. The molecule has 63 heavy (non-hydrogen) atoms. The van der Waals surface area contributed by atoms with Crippen molar-refractivity contribution in [2.75, 3.05) is 13.2 Å². The van der Waals surface area contributed by atoms with Crippen LogP contribution in [0.4, 0.5) is 0 Å². The van der Waals surface area contributed by atoms with Crippen molar-refractivity contribution in [1.82, 2.24) is 0 Å². The van der Waals surface area contributed by atoms with Gasteiger partial charge in [0.2, 0.25) is 0 Å². The summed E-state index contributed by atoms with van der Waals surface area (Å²) in [4.78, 5) is 68.0. The zero-order chi connectivity index (χ0) is 44.3. The molecule has 0 unspecified atom stereocenters. The molecule has 16 nitrogen and oxygen atoms in total. The normalized spacial score (nSPS) is 25.4. The van der Waals surface area contributed by atoms with E-state index in [1.165, 1.54) is 60.7 Å². The summed E-state index contributed by atoms with van der Waals surface area (Å²) in [7, 11) is 0. The highest BCUT2D eigenvalue weighted by Crippen LogP contribution is 2.35. The molecular formula is C47H42O16. The minimum atomic E-state index is -2.07. The van der Waals surface area contributed by atoms with Gasteiger partial charge in [0.25, 0.3) is 0 Å². The van der Waals surface area contributed by atoms with Crippen molar-refractivity contribution in [1.29, 1.82) is 0 Å². The van der Waals surface area contributed by atoms with Crippen molar-refractivity contribution in [2.24, 2.45) is 0 Å². The number of hydrogen-bond donors (Lipinski definition) is 3. The zero-order valence-electron chi connectivity index (χ0n) is 33.3. The van der Waals surface area contributed by atoms with Crippen LogP contribution < -0.4 is 0 Å². The fraction of sp³-hybridized carbons (Fsp3) is 0.255. The molecule has 0 spiro atoms. The number of aliphatic hydroxyl groups excluding tert-OH is 3. The van der Waals surface area contributed by atoms with Crippen molar-refractivity contribution in [3.8, 4) is 0 Å². The Morgan fingerprint density at radius 2 is 0.794 bits per heavy atom. The van der Waals surface area contributed by atoms with Gasteiger partial charge in [0.15, 0.2) is 37.0 Å². The molecular weight excluding hydrogens is 821 g/mol. The average molecular weight is 863 g/mol. The molecule has 10 atom stereocenters. The Morgan fingerprint density at radius 3 is 1.21 bits per heavy atom. The molecule has 0 bridgehead atoms. The van der Waals surface area contributed by atoms with E-state index in [0.29, 0.717) is 0 Å². The van der Waals surface area contributed by atoms with E-state index in [9.17, 15) is 39.3 Å². The Hall–Kier alpha value is -6.79. The topological polar surface area (TPSA) is 220 Å². The van der Waals surface area contributed by atoms with E-state index in [4.69, 9.17) is 37.9 Å². The van der Waals surface area contributed by atoms with Crippen LogP contribution in [0.5, 0.6) is 0 Å². The molecule has 2 aliphatic heterocycles. The Labute approximate surface area is 360 Å². The molecule has 0 amide bonds. The molecule has 5 aromatic carbocycles. The van der Waals surface area contributed by atoms with E-state index in [-0.39, 0.29) is 27.8 Å². The maximum atomic E-state index is 13.9. The van der Waals surface area contributed by atoms with E-state index in [2.05, 4.69) is 0 Å². The van der Waals surface area contributed by atoms with Crippen LogP contribution >= 0.6 is 0 Å². The smallest absolute Gasteiger partial charge is 0.338 e. The Morgan fingerprint density at radius 1 is 0.429 bits per heavy atom. The summed E-state index contributed by atoms with van der Waals surface area (Å²) in [6, 6.07) is 38.7. The van der Waals surface area contributed by atoms with Crippen LogP contribution in [0.1, 0.15) is 51.8 Å². The van der Waals surface area contributed by atoms with Crippen LogP contribution in [0.15, 0.2) is 152 Å². The molecule has 0 saturated carbocycles. The highest BCUT2D eigenvalue weighted by molar-refractivity contribution is 5.91. The maximum absolute atomic E-state index is 13.9. The molecule has 0 aliphatic carbocycles. The Balaban J connectivity index is 1.30. The molecule has 2 heterocycles. The molecule has 326 valence electrons. The fourth-order valence-corrected chi connectivity index (χ4v) is 6.90. The number of rotatable bonds is 14. The van der Waals surface area contributed by atoms with Gasteiger partial charge < -0.3 is 53.2 Å². The second-order valence-electron chi connectivity index (χ2n) is 14.3. The third kappa shape index (κ3) is 10.8. The first-order valence-electron chi connectivity index (χ1n) is 19.8. The molecule has 2 aliphatic rings. The first kappa shape index (κ1) is 44.3. The van der Waals surface area contributed by atoms with Gasteiger partial charge in [-0.2, -0.15) is 0 Å². The third-order valence-corrected chi connectivity index (χ3v) is 10.1. The monoisotopic (exact) mass is 862 g/mol. The summed E-state index contributed by atoms with van der Waals surface area (Å²) in [6.45, 7) is -1.54. The van der Waals surface area contributed by atoms with Gasteiger partial charge in [-0.3, -0.25) is 0 Å². The number of benzene rings is 5. The summed E-state index contributed by atoms with van der Waals surface area (Å²) in [5, 5.41) is 33.6. The van der Waals surface area contributed by atoms with Gasteiger partial charge in [-0.15, -0.1) is 0 Å². The van der Waals surface area contributed by atoms with Crippen LogP contribution in [-0.4, -0.2) is 120 Å². The number of hydrogen-bond acceptors (Lipinski definition) is 16. The van der Waals surface area contributed by atoms with Gasteiger partial charge in [0, 0.05) is 0 Å². The lowest BCUT2D eigenvalue weighted by molar-refractivity contribution is -0.353. The number of esters is 5. The van der Waals surface area contributed by atoms with Crippen LogP contribution in [0.3, 0.4) is 0 Å². The van der Waals surface area contributed by atoms with Crippen molar-refractivity contribution < 1.29 is 77.2 Å². The van der Waals surface area contributed by atoms with Gasteiger partial charge in [-0.1, -0.05) is 91.0 Å². The van der Waals surface area contributed by atoms with E-state index < -0.39 is 104 Å². The van der Waals surface area contributed by atoms with E-state index in [0.717, 1.165) is 0 Å². The van der Waals surface area contributed by atoms with Crippen molar-refractivity contribution in [2.45, 2.75) is 61.4 Å². The van der Waals surface area contributed by atoms with E-state index in [1.807, 2.05) is 0 Å². The molecule has 5 aromatic rings. The molecule has 3 N–H and O–H groups in total. The van der Waals surface area contributed by atoms with Crippen LogP contribution in [0, 0.1) is 0 Å². The zero-order valence-corrected chi connectivity index (χ0v) is 33.3. The summed E-state index contributed by atoms with van der Waals surface area (Å²) < 4.78 is 47.6. The van der Waals surface area contributed by atoms with Crippen molar-refractivity contribution in [3.63, 3.8) is 0 Å². The second kappa shape index (κ2) is 20.9. The maximum Gasteiger partial charge on any atom is 0.338 e. The number of carbonyl (C=O) groups is 5. The lowest BCUT2D eigenvalue weighted by Crippen LogP contribution is -2.66. The predicted molar refractivity (Wildman–Crippen MR) is 217 cm³/mol. The van der Waals surface area contributed by atoms with Gasteiger partial charge in [-0.25, -0.2) is 24.0 Å². The first-order valence-corrected chi connectivity index (χ1v) is 19.8. The Bertz CT molecular complexity index is 2300. The fourth-order valence-electron chi connectivity index (χ4n) is 6.90. The molecule has 7 rings (SSSR count). The molecule has 16 heteroatoms. The van der Waals surface area contributed by atoms with Crippen molar-refractivity contribution in [3.05, 3.63) is 179 Å². The quantitative estimate of drug-likeness (QED) is 0.106. The van der Waals surface area contributed by atoms with Gasteiger partial charge in [0.1, 0.15) is 31.0 Å². The Kier molecular flexibility index (Phi) is 14.7. The molecule has 2 fully saturated rings. The van der Waals surface area contributed by atoms with Crippen molar-refractivity contribution >= 4 is 29.8 Å². The highest BCUT2D eigenvalue weighted by atomic mass is 16.8. The number of aliphatic hydroxyl groups is 3.